The normalized spacial score (nSPS) is 16.2. The first kappa shape index (κ1) is 12.9. The van der Waals surface area contributed by atoms with Gasteiger partial charge in [0.1, 0.15) is 0 Å². The van der Waals surface area contributed by atoms with Crippen LogP contribution in [0, 0.1) is 0 Å². The van der Waals surface area contributed by atoms with E-state index < -0.39 is 0 Å². The largest absolute Gasteiger partial charge is 0.380 e. The van der Waals surface area contributed by atoms with Gasteiger partial charge in [-0.05, 0) is 12.8 Å². The number of rotatable bonds is 7. The van der Waals surface area contributed by atoms with E-state index in [1.54, 1.807) is 7.11 Å². The predicted octanol–water partition coefficient (Wildman–Crippen LogP) is 1.65. The second-order valence-corrected chi connectivity index (χ2v) is 3.60. The molecule has 0 aromatic heterocycles. The van der Waals surface area contributed by atoms with Crippen molar-refractivity contribution in [2.24, 2.45) is 0 Å². The fourth-order valence-electron chi connectivity index (χ4n) is 1.59. The summed E-state index contributed by atoms with van der Waals surface area (Å²) in [6, 6.07) is 0.440. The van der Waals surface area contributed by atoms with Crippen molar-refractivity contribution in [3.63, 3.8) is 0 Å². The number of hydrogen-bond donors (Lipinski definition) is 1. The number of ether oxygens (including phenoxy) is 1. The molecule has 0 aliphatic carbocycles. The molecule has 13 heavy (non-hydrogen) atoms. The summed E-state index contributed by atoms with van der Waals surface area (Å²) < 4.78 is 5.43. The van der Waals surface area contributed by atoms with Gasteiger partial charge in [0.15, 0.2) is 0 Å². The highest BCUT2D eigenvalue weighted by Crippen LogP contribution is 2.09. The van der Waals surface area contributed by atoms with Crippen LogP contribution in [0.25, 0.3) is 0 Å². The Morgan fingerprint density at radius 2 is 1.92 bits per heavy atom. The van der Waals surface area contributed by atoms with Crippen molar-refractivity contribution in [2.45, 2.75) is 45.3 Å². The number of nitrogens with zero attached hydrogens (tertiary/aromatic N) is 1. The summed E-state index contributed by atoms with van der Waals surface area (Å²) in [4.78, 5) is 0. The smallest absolute Gasteiger partial charge is 0.0735 e. The first-order chi connectivity index (χ1) is 6.15. The number of hydrogen-bond acceptors (Lipinski definition) is 3. The lowest BCUT2D eigenvalue weighted by Crippen LogP contribution is -2.47. The van der Waals surface area contributed by atoms with E-state index in [9.17, 15) is 0 Å². The van der Waals surface area contributed by atoms with Gasteiger partial charge in [-0.1, -0.05) is 20.3 Å². The second kappa shape index (κ2) is 7.30. The minimum atomic E-state index is 0.322. The van der Waals surface area contributed by atoms with E-state index in [2.05, 4.69) is 19.3 Å². The standard InChI is InChI=1S/C10H24N2O/c1-6-8-9(11-12(3)4)10(7-2)13-5/h9-11H,6-8H2,1-5H3. The molecule has 0 fully saturated rings. The molecule has 0 saturated heterocycles. The monoisotopic (exact) mass is 188 g/mol. The van der Waals surface area contributed by atoms with Gasteiger partial charge in [-0.3, -0.25) is 10.4 Å². The zero-order valence-electron chi connectivity index (χ0n) is 9.63. The van der Waals surface area contributed by atoms with Crippen LogP contribution < -0.4 is 5.43 Å². The predicted molar refractivity (Wildman–Crippen MR) is 56.6 cm³/mol. The minimum Gasteiger partial charge on any atom is -0.380 e. The highest BCUT2D eigenvalue weighted by molar-refractivity contribution is 4.73. The maximum atomic E-state index is 5.43. The van der Waals surface area contributed by atoms with Crippen LogP contribution in [0.3, 0.4) is 0 Å². The second-order valence-electron chi connectivity index (χ2n) is 3.60. The highest BCUT2D eigenvalue weighted by Gasteiger charge is 2.18. The van der Waals surface area contributed by atoms with E-state index in [1.165, 1.54) is 6.42 Å². The molecule has 0 aromatic carbocycles. The zero-order chi connectivity index (χ0) is 10.3. The summed E-state index contributed by atoms with van der Waals surface area (Å²) in [6.07, 6.45) is 3.72. The fraction of sp³-hybridized carbons (Fsp3) is 1.00. The van der Waals surface area contributed by atoms with Gasteiger partial charge in [0.25, 0.3) is 0 Å². The summed E-state index contributed by atoms with van der Waals surface area (Å²) in [7, 11) is 5.82. The molecule has 2 atom stereocenters. The van der Waals surface area contributed by atoms with Crippen molar-refractivity contribution in [2.75, 3.05) is 21.2 Å². The van der Waals surface area contributed by atoms with Gasteiger partial charge in [-0.25, -0.2) is 0 Å². The Morgan fingerprint density at radius 1 is 1.31 bits per heavy atom. The van der Waals surface area contributed by atoms with Crippen LogP contribution in [0.1, 0.15) is 33.1 Å². The first-order valence-electron chi connectivity index (χ1n) is 5.11. The molecule has 2 unspecified atom stereocenters. The molecule has 0 amide bonds. The summed E-state index contributed by atoms with van der Waals surface area (Å²) in [6.45, 7) is 4.36. The Bertz CT molecular complexity index is 113. The summed E-state index contributed by atoms with van der Waals surface area (Å²) >= 11 is 0. The molecule has 1 N–H and O–H groups in total. The molecular weight excluding hydrogens is 164 g/mol. The summed E-state index contributed by atoms with van der Waals surface area (Å²) in [5, 5.41) is 2.00. The van der Waals surface area contributed by atoms with Gasteiger partial charge < -0.3 is 4.74 Å². The Labute approximate surface area is 82.4 Å². The SMILES string of the molecule is CCCC(NN(C)C)C(CC)OC. The van der Waals surface area contributed by atoms with E-state index >= 15 is 0 Å². The van der Waals surface area contributed by atoms with Crippen molar-refractivity contribution >= 4 is 0 Å². The Balaban J connectivity index is 4.03. The summed E-state index contributed by atoms with van der Waals surface area (Å²) in [5.41, 5.74) is 3.39. The van der Waals surface area contributed by atoms with E-state index in [-0.39, 0.29) is 0 Å². The van der Waals surface area contributed by atoms with E-state index in [4.69, 9.17) is 4.74 Å². The average Bonchev–Trinajstić information content (AvgIpc) is 2.05. The zero-order valence-corrected chi connectivity index (χ0v) is 9.63. The lowest BCUT2D eigenvalue weighted by Gasteiger charge is -2.28. The number of methoxy groups -OCH3 is 1. The van der Waals surface area contributed by atoms with Crippen LogP contribution in [0.2, 0.25) is 0 Å². The van der Waals surface area contributed by atoms with Crippen molar-refractivity contribution in [1.82, 2.24) is 10.4 Å². The van der Waals surface area contributed by atoms with Crippen molar-refractivity contribution in [3.05, 3.63) is 0 Å². The Morgan fingerprint density at radius 3 is 2.23 bits per heavy atom. The van der Waals surface area contributed by atoms with Crippen LogP contribution in [-0.4, -0.2) is 38.4 Å². The van der Waals surface area contributed by atoms with Crippen molar-refractivity contribution in [3.8, 4) is 0 Å². The van der Waals surface area contributed by atoms with E-state index in [0.29, 0.717) is 12.1 Å². The van der Waals surface area contributed by atoms with Gasteiger partial charge in [0.05, 0.1) is 6.10 Å². The van der Waals surface area contributed by atoms with Crippen LogP contribution in [0.15, 0.2) is 0 Å². The first-order valence-corrected chi connectivity index (χ1v) is 5.11. The van der Waals surface area contributed by atoms with Crippen LogP contribution in [0.5, 0.6) is 0 Å². The van der Waals surface area contributed by atoms with Crippen LogP contribution in [0.4, 0.5) is 0 Å². The molecule has 0 aliphatic heterocycles. The summed E-state index contributed by atoms with van der Waals surface area (Å²) in [5.74, 6) is 0. The van der Waals surface area contributed by atoms with Crippen LogP contribution in [-0.2, 0) is 4.74 Å². The van der Waals surface area contributed by atoms with E-state index in [0.717, 1.165) is 12.8 Å². The quantitative estimate of drug-likeness (QED) is 0.615. The Kier molecular flexibility index (Phi) is 7.23. The minimum absolute atomic E-state index is 0.322. The molecule has 0 rings (SSSR count). The van der Waals surface area contributed by atoms with Gasteiger partial charge >= 0.3 is 0 Å². The third-order valence-electron chi connectivity index (χ3n) is 2.18. The molecule has 0 radical (unpaired) electrons. The molecular formula is C10H24N2O. The highest BCUT2D eigenvalue weighted by atomic mass is 16.5. The third-order valence-corrected chi connectivity index (χ3v) is 2.18. The number of hydrazine groups is 1. The van der Waals surface area contributed by atoms with Crippen LogP contribution >= 0.6 is 0 Å². The molecule has 80 valence electrons. The van der Waals surface area contributed by atoms with Crippen molar-refractivity contribution in [1.29, 1.82) is 0 Å². The molecule has 0 bridgehead atoms. The lowest BCUT2D eigenvalue weighted by molar-refractivity contribution is 0.0378. The number of nitrogens with one attached hydrogen (secondary N) is 1. The molecule has 0 saturated carbocycles. The lowest BCUT2D eigenvalue weighted by atomic mass is 10.0. The molecule has 0 spiro atoms. The average molecular weight is 188 g/mol. The van der Waals surface area contributed by atoms with Crippen molar-refractivity contribution < 1.29 is 4.74 Å². The molecule has 0 heterocycles. The molecule has 0 aliphatic rings. The molecule has 0 aromatic rings. The Hall–Kier alpha value is -0.120. The van der Waals surface area contributed by atoms with Gasteiger partial charge in [0.2, 0.25) is 0 Å². The topological polar surface area (TPSA) is 24.5 Å². The van der Waals surface area contributed by atoms with Gasteiger partial charge in [0, 0.05) is 27.2 Å². The maximum Gasteiger partial charge on any atom is 0.0735 e. The molecule has 3 nitrogen and oxygen atoms in total. The van der Waals surface area contributed by atoms with Gasteiger partial charge in [-0.15, -0.1) is 0 Å². The maximum absolute atomic E-state index is 5.43. The van der Waals surface area contributed by atoms with Gasteiger partial charge in [-0.2, -0.15) is 0 Å². The third kappa shape index (κ3) is 5.24. The van der Waals surface area contributed by atoms with E-state index in [1.807, 2.05) is 19.1 Å². The fourth-order valence-corrected chi connectivity index (χ4v) is 1.59. The molecule has 3 heteroatoms.